The number of amides is 1. The molecular weight excluding hydrogens is 319 g/mol. The number of hydrogen-bond acceptors (Lipinski definition) is 5. The number of rotatable bonds is 3. The van der Waals surface area contributed by atoms with Gasteiger partial charge < -0.3 is 9.64 Å². The number of hydrogen-bond donors (Lipinski definition) is 0. The molecule has 0 spiro atoms. The maximum absolute atomic E-state index is 13.7. The molecule has 23 heavy (non-hydrogen) atoms. The molecule has 0 N–H and O–H groups in total. The molecule has 1 amide bonds. The minimum absolute atomic E-state index is 0.0745. The minimum atomic E-state index is -0.519. The van der Waals surface area contributed by atoms with E-state index in [1.807, 2.05) is 0 Å². The lowest BCUT2D eigenvalue weighted by molar-refractivity contribution is 0.0115. The first kappa shape index (κ1) is 15.6. The molecule has 1 aliphatic heterocycles. The van der Waals surface area contributed by atoms with Crippen molar-refractivity contribution in [1.82, 2.24) is 9.88 Å². The average molecular weight is 334 g/mol. The van der Waals surface area contributed by atoms with Crippen LogP contribution in [0.3, 0.4) is 0 Å². The third kappa shape index (κ3) is 3.56. The molecule has 0 bridgehead atoms. The third-order valence-electron chi connectivity index (χ3n) is 3.75. The summed E-state index contributed by atoms with van der Waals surface area (Å²) in [5.41, 5.74) is 1.96. The number of ether oxygens (including phenoxy) is 1. The molecule has 0 unspecified atom stereocenters. The van der Waals surface area contributed by atoms with Crippen LogP contribution in [0.4, 0.5) is 4.39 Å². The first-order valence-electron chi connectivity index (χ1n) is 7.28. The molecule has 1 fully saturated rings. The largest absolute Gasteiger partial charge is 0.457 e. The molecule has 7 heteroatoms. The number of thiazole rings is 1. The van der Waals surface area contributed by atoms with Gasteiger partial charge in [-0.1, -0.05) is 12.1 Å². The van der Waals surface area contributed by atoms with Crippen molar-refractivity contribution < 1.29 is 18.7 Å². The van der Waals surface area contributed by atoms with Gasteiger partial charge in [0.05, 0.1) is 11.1 Å². The highest BCUT2D eigenvalue weighted by atomic mass is 32.1. The van der Waals surface area contributed by atoms with E-state index in [4.69, 9.17) is 4.74 Å². The number of nitrogens with zero attached hydrogens (tertiary/aromatic N) is 2. The molecular formula is C16H15FN2O3S. The third-order valence-corrected chi connectivity index (χ3v) is 4.34. The molecule has 5 nitrogen and oxygen atoms in total. The van der Waals surface area contributed by atoms with Crippen molar-refractivity contribution in [3.05, 3.63) is 52.2 Å². The molecule has 1 aliphatic rings. The van der Waals surface area contributed by atoms with E-state index in [0.717, 1.165) is 0 Å². The summed E-state index contributed by atoms with van der Waals surface area (Å²) < 4.78 is 19.1. The van der Waals surface area contributed by atoms with E-state index in [-0.39, 0.29) is 17.6 Å². The van der Waals surface area contributed by atoms with E-state index in [0.29, 0.717) is 31.6 Å². The van der Waals surface area contributed by atoms with Crippen molar-refractivity contribution in [3.63, 3.8) is 0 Å². The van der Waals surface area contributed by atoms with Gasteiger partial charge in [0.25, 0.3) is 5.91 Å². The van der Waals surface area contributed by atoms with Gasteiger partial charge in [0.15, 0.2) is 5.69 Å². The molecule has 120 valence electrons. The van der Waals surface area contributed by atoms with Crippen LogP contribution in [0.25, 0.3) is 0 Å². The Bertz CT molecular complexity index is 697. The van der Waals surface area contributed by atoms with Gasteiger partial charge in [-0.2, -0.15) is 0 Å². The highest BCUT2D eigenvalue weighted by Crippen LogP contribution is 2.19. The molecule has 2 heterocycles. The predicted molar refractivity (Wildman–Crippen MR) is 82.9 cm³/mol. The van der Waals surface area contributed by atoms with E-state index in [2.05, 4.69) is 4.98 Å². The Morgan fingerprint density at radius 3 is 2.65 bits per heavy atom. The predicted octanol–water partition coefficient (Wildman–Crippen LogP) is 2.74. The fraction of sp³-hybridized carbons (Fsp3) is 0.312. The second-order valence-electron chi connectivity index (χ2n) is 5.25. The number of aromatic nitrogens is 1. The van der Waals surface area contributed by atoms with Gasteiger partial charge >= 0.3 is 5.97 Å². The lowest BCUT2D eigenvalue weighted by atomic mass is 10.1. The fourth-order valence-electron chi connectivity index (χ4n) is 2.51. The van der Waals surface area contributed by atoms with E-state index >= 15 is 0 Å². The van der Waals surface area contributed by atoms with Crippen molar-refractivity contribution in [1.29, 1.82) is 0 Å². The average Bonchev–Trinajstić information content (AvgIpc) is 3.10. The van der Waals surface area contributed by atoms with Gasteiger partial charge in [0.2, 0.25) is 0 Å². The molecule has 0 saturated carbocycles. The van der Waals surface area contributed by atoms with Crippen LogP contribution in [-0.4, -0.2) is 41.0 Å². The molecule has 3 rings (SSSR count). The molecule has 1 saturated heterocycles. The summed E-state index contributed by atoms with van der Waals surface area (Å²) in [4.78, 5) is 29.7. The first-order chi connectivity index (χ1) is 11.1. The second-order valence-corrected chi connectivity index (χ2v) is 5.97. The fourth-order valence-corrected chi connectivity index (χ4v) is 3.03. The minimum Gasteiger partial charge on any atom is -0.457 e. The van der Waals surface area contributed by atoms with Gasteiger partial charge in [-0.25, -0.2) is 14.2 Å². The van der Waals surface area contributed by atoms with Gasteiger partial charge in [0, 0.05) is 31.3 Å². The monoisotopic (exact) mass is 334 g/mol. The number of esters is 1. The van der Waals surface area contributed by atoms with Crippen LogP contribution < -0.4 is 0 Å². The van der Waals surface area contributed by atoms with Crippen LogP contribution in [0, 0.1) is 5.82 Å². The number of carbonyl (C=O) groups is 2. The molecule has 0 aliphatic carbocycles. The molecule has 0 atom stereocenters. The van der Waals surface area contributed by atoms with Gasteiger partial charge in [-0.05, 0) is 12.1 Å². The van der Waals surface area contributed by atoms with E-state index in [9.17, 15) is 14.0 Å². The summed E-state index contributed by atoms with van der Waals surface area (Å²) in [6, 6.07) is 5.94. The summed E-state index contributed by atoms with van der Waals surface area (Å²) in [6.45, 7) is 0.865. The van der Waals surface area contributed by atoms with Crippen LogP contribution in [0.5, 0.6) is 0 Å². The number of likely N-dealkylation sites (tertiary alicyclic amines) is 1. The van der Waals surface area contributed by atoms with E-state index in [1.54, 1.807) is 27.9 Å². The maximum atomic E-state index is 13.7. The summed E-state index contributed by atoms with van der Waals surface area (Å²) in [6.07, 6.45) is 0.834. The molecule has 0 radical (unpaired) electrons. The smallest absolute Gasteiger partial charge is 0.358 e. The van der Waals surface area contributed by atoms with Crippen molar-refractivity contribution in [3.8, 4) is 0 Å². The van der Waals surface area contributed by atoms with Crippen LogP contribution >= 0.6 is 11.3 Å². The maximum Gasteiger partial charge on any atom is 0.358 e. The highest BCUT2D eigenvalue weighted by Gasteiger charge is 2.27. The van der Waals surface area contributed by atoms with Gasteiger partial charge in [0.1, 0.15) is 11.9 Å². The molecule has 2 aromatic rings. The lowest BCUT2D eigenvalue weighted by Crippen LogP contribution is -2.41. The van der Waals surface area contributed by atoms with Crippen LogP contribution in [0.1, 0.15) is 33.7 Å². The number of carbonyl (C=O) groups excluding carboxylic acids is 2. The van der Waals surface area contributed by atoms with Crippen LogP contribution in [0.15, 0.2) is 35.2 Å². The van der Waals surface area contributed by atoms with Crippen molar-refractivity contribution in [2.45, 2.75) is 18.9 Å². The van der Waals surface area contributed by atoms with Gasteiger partial charge in [-0.3, -0.25) is 4.79 Å². The Morgan fingerprint density at radius 1 is 1.26 bits per heavy atom. The van der Waals surface area contributed by atoms with Gasteiger partial charge in [-0.15, -0.1) is 11.3 Å². The van der Waals surface area contributed by atoms with E-state index in [1.165, 1.54) is 23.5 Å². The quantitative estimate of drug-likeness (QED) is 0.810. The number of halogens is 1. The Balaban J connectivity index is 1.55. The Kier molecular flexibility index (Phi) is 4.66. The van der Waals surface area contributed by atoms with Crippen LogP contribution in [-0.2, 0) is 4.74 Å². The number of benzene rings is 1. The summed E-state index contributed by atoms with van der Waals surface area (Å²) in [5.74, 6) is -1.29. The highest BCUT2D eigenvalue weighted by molar-refractivity contribution is 7.07. The first-order valence-corrected chi connectivity index (χ1v) is 8.22. The molecule has 1 aromatic carbocycles. The topological polar surface area (TPSA) is 59.5 Å². The van der Waals surface area contributed by atoms with Crippen molar-refractivity contribution in [2.24, 2.45) is 0 Å². The van der Waals surface area contributed by atoms with Crippen molar-refractivity contribution >= 4 is 23.2 Å². The summed E-state index contributed by atoms with van der Waals surface area (Å²) in [7, 11) is 0. The number of piperidine rings is 1. The van der Waals surface area contributed by atoms with Crippen LogP contribution in [0.2, 0.25) is 0 Å². The molecule has 1 aromatic heterocycles. The van der Waals surface area contributed by atoms with E-state index < -0.39 is 11.8 Å². The second kappa shape index (κ2) is 6.87. The zero-order valence-electron chi connectivity index (χ0n) is 12.3. The Labute approximate surface area is 136 Å². The zero-order chi connectivity index (χ0) is 16.2. The summed E-state index contributed by atoms with van der Waals surface area (Å²) >= 11 is 1.33. The normalized spacial score (nSPS) is 15.4. The lowest BCUT2D eigenvalue weighted by Gasteiger charge is -2.31. The van der Waals surface area contributed by atoms with Crippen molar-refractivity contribution in [2.75, 3.05) is 13.1 Å². The Hall–Kier alpha value is -2.28. The standard InChI is InChI=1S/C16H15FN2O3S/c17-13-4-2-1-3-12(13)15(20)19-7-5-11(6-8-19)22-16(21)14-9-23-10-18-14/h1-4,9-11H,5-8H2. The zero-order valence-corrected chi connectivity index (χ0v) is 13.1. The Morgan fingerprint density at radius 2 is 2.00 bits per heavy atom. The summed E-state index contributed by atoms with van der Waals surface area (Å²) in [5, 5.41) is 1.64. The SMILES string of the molecule is O=C(OC1CCN(C(=O)c2ccccc2F)CC1)c1cscn1.